The van der Waals surface area contributed by atoms with E-state index in [0.717, 1.165) is 0 Å². The van der Waals surface area contributed by atoms with Crippen LogP contribution in [0.3, 0.4) is 0 Å². The van der Waals surface area contributed by atoms with Crippen LogP contribution in [-0.4, -0.2) is 44.0 Å². The van der Waals surface area contributed by atoms with E-state index in [1.165, 1.54) is 11.3 Å². The van der Waals surface area contributed by atoms with Crippen molar-refractivity contribution >= 4 is 28.8 Å². The molecule has 3 aromatic heterocycles. The molecule has 0 N–H and O–H groups in total. The summed E-state index contributed by atoms with van der Waals surface area (Å²) in [4.78, 5) is 27.1. The Morgan fingerprint density at radius 2 is 2.04 bits per heavy atom. The summed E-state index contributed by atoms with van der Waals surface area (Å²) in [6, 6.07) is 5.18. The highest BCUT2D eigenvalue weighted by Crippen LogP contribution is 2.30. The van der Waals surface area contributed by atoms with Crippen molar-refractivity contribution in [3.05, 3.63) is 45.7 Å². The number of carbonyl (C=O) groups excluding carboxylic acids is 1. The van der Waals surface area contributed by atoms with Gasteiger partial charge in [-0.2, -0.15) is 4.98 Å². The van der Waals surface area contributed by atoms with E-state index in [4.69, 9.17) is 16.1 Å². The summed E-state index contributed by atoms with van der Waals surface area (Å²) in [5.74, 6) is 1.29. The van der Waals surface area contributed by atoms with E-state index < -0.39 is 0 Å². The molecular formula is C14H10ClN5O2S. The Bertz CT molecular complexity index is 844. The second-order valence-electron chi connectivity index (χ2n) is 5.04. The van der Waals surface area contributed by atoms with Gasteiger partial charge >= 0.3 is 0 Å². The number of hydrogen-bond donors (Lipinski definition) is 0. The number of halogens is 1. The van der Waals surface area contributed by atoms with E-state index in [1.54, 1.807) is 35.5 Å². The lowest BCUT2D eigenvalue weighted by molar-refractivity contribution is 0.0574. The van der Waals surface area contributed by atoms with Crippen LogP contribution in [0.25, 0.3) is 11.6 Å². The maximum absolute atomic E-state index is 12.2. The topological polar surface area (TPSA) is 85.0 Å². The van der Waals surface area contributed by atoms with Gasteiger partial charge in [-0.25, -0.2) is 9.97 Å². The number of rotatable bonds is 3. The minimum absolute atomic E-state index is 0.0238. The van der Waals surface area contributed by atoms with Crippen LogP contribution in [0.5, 0.6) is 0 Å². The Labute approximate surface area is 139 Å². The van der Waals surface area contributed by atoms with Gasteiger partial charge in [0.1, 0.15) is 0 Å². The summed E-state index contributed by atoms with van der Waals surface area (Å²) >= 11 is 7.14. The third-order valence-corrected chi connectivity index (χ3v) is 4.73. The molecule has 116 valence electrons. The molecule has 7 nitrogen and oxygen atoms in total. The van der Waals surface area contributed by atoms with Gasteiger partial charge in [0.15, 0.2) is 0 Å². The molecule has 0 aliphatic carbocycles. The summed E-state index contributed by atoms with van der Waals surface area (Å²) in [5.41, 5.74) is 0. The van der Waals surface area contributed by atoms with E-state index in [9.17, 15) is 4.79 Å². The highest BCUT2D eigenvalue weighted by atomic mass is 35.5. The van der Waals surface area contributed by atoms with Crippen molar-refractivity contribution in [3.63, 3.8) is 0 Å². The SMILES string of the molecule is O=C(c1ccc(Cl)s1)N1CC(c2nc(-c3ncccn3)no2)C1. The third kappa shape index (κ3) is 2.71. The van der Waals surface area contributed by atoms with Crippen molar-refractivity contribution < 1.29 is 9.32 Å². The van der Waals surface area contributed by atoms with Crippen molar-refractivity contribution in [1.29, 1.82) is 0 Å². The molecule has 0 bridgehead atoms. The number of hydrogen-bond acceptors (Lipinski definition) is 7. The van der Waals surface area contributed by atoms with Gasteiger partial charge in [0.2, 0.25) is 17.5 Å². The maximum atomic E-state index is 12.2. The van der Waals surface area contributed by atoms with Crippen molar-refractivity contribution in [2.75, 3.05) is 13.1 Å². The maximum Gasteiger partial charge on any atom is 0.264 e. The van der Waals surface area contributed by atoms with Gasteiger partial charge in [-0.1, -0.05) is 16.8 Å². The molecule has 4 heterocycles. The van der Waals surface area contributed by atoms with Crippen LogP contribution in [0.1, 0.15) is 21.5 Å². The lowest BCUT2D eigenvalue weighted by Crippen LogP contribution is -2.48. The first-order valence-electron chi connectivity index (χ1n) is 6.86. The summed E-state index contributed by atoms with van der Waals surface area (Å²) in [5, 5.41) is 3.89. The van der Waals surface area contributed by atoms with Crippen molar-refractivity contribution in [2.24, 2.45) is 0 Å². The molecule has 1 aliphatic heterocycles. The Morgan fingerprint density at radius 1 is 1.26 bits per heavy atom. The molecule has 1 fully saturated rings. The molecule has 0 unspecified atom stereocenters. The lowest BCUT2D eigenvalue weighted by atomic mass is 10.00. The normalized spacial score (nSPS) is 14.7. The van der Waals surface area contributed by atoms with Crippen LogP contribution in [0.15, 0.2) is 35.1 Å². The van der Waals surface area contributed by atoms with Gasteiger partial charge in [-0.15, -0.1) is 11.3 Å². The first kappa shape index (κ1) is 14.3. The van der Waals surface area contributed by atoms with E-state index in [2.05, 4.69) is 20.1 Å². The number of nitrogens with zero attached hydrogens (tertiary/aromatic N) is 5. The zero-order valence-electron chi connectivity index (χ0n) is 11.7. The Kier molecular flexibility index (Phi) is 3.55. The van der Waals surface area contributed by atoms with Crippen LogP contribution < -0.4 is 0 Å². The molecule has 1 saturated heterocycles. The van der Waals surface area contributed by atoms with Crippen LogP contribution in [-0.2, 0) is 0 Å². The fourth-order valence-corrected chi connectivity index (χ4v) is 3.30. The summed E-state index contributed by atoms with van der Waals surface area (Å²) < 4.78 is 5.87. The average molecular weight is 348 g/mol. The molecule has 9 heteroatoms. The standard InChI is InChI=1S/C14H10ClN5O2S/c15-10-3-2-9(23-10)14(21)20-6-8(7-20)13-18-12(19-22-13)11-16-4-1-5-17-11/h1-5,8H,6-7H2. The molecule has 4 rings (SSSR count). The predicted molar refractivity (Wildman–Crippen MR) is 83.3 cm³/mol. The largest absolute Gasteiger partial charge is 0.338 e. The smallest absolute Gasteiger partial charge is 0.264 e. The molecule has 0 saturated carbocycles. The van der Waals surface area contributed by atoms with Gasteiger partial charge in [0.25, 0.3) is 5.91 Å². The van der Waals surface area contributed by atoms with Crippen molar-refractivity contribution in [1.82, 2.24) is 25.0 Å². The van der Waals surface area contributed by atoms with Crippen molar-refractivity contribution in [2.45, 2.75) is 5.92 Å². The zero-order chi connectivity index (χ0) is 15.8. The molecule has 0 atom stereocenters. The zero-order valence-corrected chi connectivity index (χ0v) is 13.3. The third-order valence-electron chi connectivity index (χ3n) is 3.51. The Morgan fingerprint density at radius 3 is 2.74 bits per heavy atom. The van der Waals surface area contributed by atoms with E-state index in [-0.39, 0.29) is 11.8 Å². The van der Waals surface area contributed by atoms with Crippen molar-refractivity contribution in [3.8, 4) is 11.6 Å². The summed E-state index contributed by atoms with van der Waals surface area (Å²) in [6.07, 6.45) is 3.24. The van der Waals surface area contributed by atoms with Gasteiger partial charge in [0, 0.05) is 25.5 Å². The first-order chi connectivity index (χ1) is 11.2. The molecule has 0 radical (unpaired) electrons. The van der Waals surface area contributed by atoms with E-state index in [1.807, 2.05) is 0 Å². The minimum atomic E-state index is -0.0238. The van der Waals surface area contributed by atoms with Gasteiger partial charge in [0.05, 0.1) is 15.1 Å². The number of thiophene rings is 1. The summed E-state index contributed by atoms with van der Waals surface area (Å²) in [7, 11) is 0. The molecule has 1 amide bonds. The fourth-order valence-electron chi connectivity index (χ4n) is 2.29. The monoisotopic (exact) mass is 347 g/mol. The second-order valence-corrected chi connectivity index (χ2v) is 6.75. The minimum Gasteiger partial charge on any atom is -0.338 e. The molecular weight excluding hydrogens is 338 g/mol. The molecule has 0 spiro atoms. The van der Waals surface area contributed by atoms with Gasteiger partial charge in [-0.3, -0.25) is 4.79 Å². The Hall–Kier alpha value is -2.32. The van der Waals surface area contributed by atoms with Crippen LogP contribution in [0.2, 0.25) is 4.34 Å². The number of amides is 1. The van der Waals surface area contributed by atoms with E-state index in [0.29, 0.717) is 39.8 Å². The van der Waals surface area contributed by atoms with Gasteiger partial charge < -0.3 is 9.42 Å². The molecule has 3 aromatic rings. The molecule has 1 aliphatic rings. The fraction of sp³-hybridized carbons (Fsp3) is 0.214. The van der Waals surface area contributed by atoms with Crippen LogP contribution in [0, 0.1) is 0 Å². The van der Waals surface area contributed by atoms with Gasteiger partial charge in [-0.05, 0) is 18.2 Å². The highest BCUT2D eigenvalue weighted by Gasteiger charge is 2.36. The summed E-state index contributed by atoms with van der Waals surface area (Å²) in [6.45, 7) is 1.09. The molecule has 23 heavy (non-hydrogen) atoms. The Balaban J connectivity index is 1.42. The number of likely N-dealkylation sites (tertiary alicyclic amines) is 1. The first-order valence-corrected chi connectivity index (χ1v) is 8.06. The van der Waals surface area contributed by atoms with Crippen LogP contribution >= 0.6 is 22.9 Å². The molecule has 0 aromatic carbocycles. The number of carbonyl (C=O) groups is 1. The van der Waals surface area contributed by atoms with E-state index >= 15 is 0 Å². The average Bonchev–Trinajstić information content (AvgIpc) is 3.16. The second kappa shape index (κ2) is 5.71. The highest BCUT2D eigenvalue weighted by molar-refractivity contribution is 7.17. The lowest BCUT2D eigenvalue weighted by Gasteiger charge is -2.36. The number of aromatic nitrogens is 4. The quantitative estimate of drug-likeness (QED) is 0.723. The van der Waals surface area contributed by atoms with Crippen LogP contribution in [0.4, 0.5) is 0 Å². The predicted octanol–water partition coefficient (Wildman–Crippen LogP) is 2.48.